The first-order chi connectivity index (χ1) is 11.1. The molecule has 6 nitrogen and oxygen atoms in total. The fourth-order valence-corrected chi connectivity index (χ4v) is 2.63. The lowest BCUT2D eigenvalue weighted by Gasteiger charge is -2.32. The Morgan fingerprint density at radius 1 is 1.35 bits per heavy atom. The summed E-state index contributed by atoms with van der Waals surface area (Å²) < 4.78 is 18.5. The number of halogens is 1. The molecule has 0 unspecified atom stereocenters. The molecule has 1 aromatic heterocycles. The molecule has 23 heavy (non-hydrogen) atoms. The molecule has 2 N–H and O–H groups in total. The van der Waals surface area contributed by atoms with Gasteiger partial charge in [-0.1, -0.05) is 0 Å². The Morgan fingerprint density at radius 2 is 2.17 bits per heavy atom. The van der Waals surface area contributed by atoms with E-state index in [2.05, 4.69) is 10.2 Å². The molecule has 2 heterocycles. The van der Waals surface area contributed by atoms with Gasteiger partial charge >= 0.3 is 0 Å². The largest absolute Gasteiger partial charge is 0.507 e. The van der Waals surface area contributed by atoms with Gasteiger partial charge in [-0.05, 0) is 30.7 Å². The summed E-state index contributed by atoms with van der Waals surface area (Å²) in [5.74, 6) is 0.0216. The zero-order valence-electron chi connectivity index (χ0n) is 12.7. The molecule has 0 radical (unpaired) electrons. The first kappa shape index (κ1) is 15.6. The van der Waals surface area contributed by atoms with Gasteiger partial charge in [0.1, 0.15) is 11.6 Å². The summed E-state index contributed by atoms with van der Waals surface area (Å²) in [4.78, 5) is 2.00. The Labute approximate surface area is 133 Å². The summed E-state index contributed by atoms with van der Waals surface area (Å²) in [5.41, 5.74) is 1.78. The highest BCUT2D eigenvalue weighted by Crippen LogP contribution is 2.31. The van der Waals surface area contributed by atoms with E-state index in [4.69, 9.17) is 4.74 Å². The number of phenols is 1. The lowest BCUT2D eigenvalue weighted by atomic mass is 10.1. The predicted octanol–water partition coefficient (Wildman–Crippen LogP) is 1.49. The van der Waals surface area contributed by atoms with Crippen LogP contribution in [0.2, 0.25) is 0 Å². The van der Waals surface area contributed by atoms with Gasteiger partial charge in [-0.25, -0.2) is 4.39 Å². The normalized spacial score (nSPS) is 18.2. The van der Waals surface area contributed by atoms with Gasteiger partial charge in [0, 0.05) is 24.7 Å². The van der Waals surface area contributed by atoms with Crippen LogP contribution >= 0.6 is 0 Å². The van der Waals surface area contributed by atoms with Gasteiger partial charge in [-0.2, -0.15) is 0 Å². The summed E-state index contributed by atoms with van der Waals surface area (Å²) in [5, 5.41) is 27.5. The van der Waals surface area contributed by atoms with Crippen LogP contribution in [0.5, 0.6) is 5.75 Å². The molecule has 7 heteroatoms. The van der Waals surface area contributed by atoms with Crippen LogP contribution in [0.25, 0.3) is 11.3 Å². The first-order valence-corrected chi connectivity index (χ1v) is 7.39. The Morgan fingerprint density at radius 3 is 2.87 bits per heavy atom. The molecule has 1 atom stereocenters. The van der Waals surface area contributed by atoms with E-state index in [-0.39, 0.29) is 18.5 Å². The minimum atomic E-state index is -0.503. The number of nitrogens with zero attached hydrogens (tertiary/aromatic N) is 3. The number of benzene rings is 1. The number of morpholine rings is 1. The molecule has 3 rings (SSSR count). The van der Waals surface area contributed by atoms with E-state index in [1.54, 1.807) is 0 Å². The second-order valence-electron chi connectivity index (χ2n) is 5.52. The van der Waals surface area contributed by atoms with Crippen molar-refractivity contribution in [3.8, 4) is 17.0 Å². The van der Waals surface area contributed by atoms with Crippen LogP contribution in [-0.4, -0.2) is 52.8 Å². The summed E-state index contributed by atoms with van der Waals surface area (Å²) in [7, 11) is 0. The number of hydrogen-bond acceptors (Lipinski definition) is 6. The average molecular weight is 319 g/mol. The van der Waals surface area contributed by atoms with E-state index in [1.807, 2.05) is 17.9 Å². The predicted molar refractivity (Wildman–Crippen MR) is 82.9 cm³/mol. The van der Waals surface area contributed by atoms with Crippen molar-refractivity contribution < 1.29 is 19.3 Å². The summed E-state index contributed by atoms with van der Waals surface area (Å²) in [6.07, 6.45) is -0.230. The molecule has 1 saturated heterocycles. The molecule has 0 saturated carbocycles. The van der Waals surface area contributed by atoms with Gasteiger partial charge in [-0.15, -0.1) is 10.2 Å². The van der Waals surface area contributed by atoms with Gasteiger partial charge < -0.3 is 19.8 Å². The number of aromatic hydroxyl groups is 1. The summed E-state index contributed by atoms with van der Waals surface area (Å²) in [6.45, 7) is 3.56. The third kappa shape index (κ3) is 3.25. The Kier molecular flexibility index (Phi) is 4.40. The Hall–Kier alpha value is -2.25. The summed E-state index contributed by atoms with van der Waals surface area (Å²) >= 11 is 0. The molecular formula is C16H18FN3O3. The minimum absolute atomic E-state index is 0.0373. The number of rotatable bonds is 3. The highest BCUT2D eigenvalue weighted by molar-refractivity contribution is 5.70. The molecule has 2 aromatic rings. The zero-order valence-corrected chi connectivity index (χ0v) is 12.7. The van der Waals surface area contributed by atoms with Crippen molar-refractivity contribution in [2.75, 3.05) is 31.2 Å². The topological polar surface area (TPSA) is 78.7 Å². The van der Waals surface area contributed by atoms with Crippen LogP contribution in [0.1, 0.15) is 5.56 Å². The van der Waals surface area contributed by atoms with E-state index in [9.17, 15) is 14.6 Å². The van der Waals surface area contributed by atoms with Crippen molar-refractivity contribution in [3.63, 3.8) is 0 Å². The van der Waals surface area contributed by atoms with Crippen LogP contribution in [0.15, 0.2) is 24.3 Å². The van der Waals surface area contributed by atoms with Crippen molar-refractivity contribution in [2.24, 2.45) is 0 Å². The number of aliphatic hydroxyl groups excluding tert-OH is 1. The molecular weight excluding hydrogens is 301 g/mol. The number of phenolic OH excluding ortho intramolecular Hbond substituents is 1. The molecule has 1 aromatic carbocycles. The maximum absolute atomic E-state index is 13.1. The van der Waals surface area contributed by atoms with E-state index >= 15 is 0 Å². The second-order valence-corrected chi connectivity index (χ2v) is 5.52. The number of aromatic nitrogens is 2. The number of aliphatic hydroxyl groups is 1. The Balaban J connectivity index is 1.88. The SMILES string of the molecule is Cc1cc(N2CCO[C@H](CO)C2)nnc1-c1ccc(F)cc1O. The van der Waals surface area contributed by atoms with Crippen LogP contribution in [0.3, 0.4) is 0 Å². The lowest BCUT2D eigenvalue weighted by Crippen LogP contribution is -2.44. The molecule has 0 aliphatic carbocycles. The molecule has 1 aliphatic heterocycles. The standard InChI is InChI=1S/C16H18FN3O3/c1-10-6-15(20-4-5-23-12(8-20)9-21)18-19-16(10)13-3-2-11(17)7-14(13)22/h2-3,6-7,12,21-22H,4-5,8-9H2,1H3/t12-/m0/s1. The number of ether oxygens (including phenoxy) is 1. The molecule has 0 bridgehead atoms. The van der Waals surface area contributed by atoms with Gasteiger partial charge in [0.25, 0.3) is 0 Å². The third-order valence-corrected chi connectivity index (χ3v) is 3.85. The maximum atomic E-state index is 13.1. The Bertz CT molecular complexity index is 711. The van der Waals surface area contributed by atoms with Crippen molar-refractivity contribution in [1.29, 1.82) is 0 Å². The maximum Gasteiger partial charge on any atom is 0.151 e. The van der Waals surface area contributed by atoms with Gasteiger partial charge in [0.05, 0.1) is 25.0 Å². The van der Waals surface area contributed by atoms with E-state index in [0.717, 1.165) is 11.6 Å². The average Bonchev–Trinajstić information content (AvgIpc) is 2.55. The van der Waals surface area contributed by atoms with E-state index in [0.29, 0.717) is 36.8 Å². The molecule has 1 fully saturated rings. The van der Waals surface area contributed by atoms with Crippen LogP contribution in [0, 0.1) is 12.7 Å². The highest BCUT2D eigenvalue weighted by Gasteiger charge is 2.22. The number of anilines is 1. The van der Waals surface area contributed by atoms with Crippen molar-refractivity contribution in [2.45, 2.75) is 13.0 Å². The first-order valence-electron chi connectivity index (χ1n) is 7.39. The second kappa shape index (κ2) is 6.47. The van der Waals surface area contributed by atoms with Gasteiger partial charge in [0.2, 0.25) is 0 Å². The van der Waals surface area contributed by atoms with E-state index in [1.165, 1.54) is 12.1 Å². The van der Waals surface area contributed by atoms with Gasteiger partial charge in [-0.3, -0.25) is 0 Å². The van der Waals surface area contributed by atoms with Crippen molar-refractivity contribution in [1.82, 2.24) is 10.2 Å². The molecule has 0 spiro atoms. The lowest BCUT2D eigenvalue weighted by molar-refractivity contribution is 0.00332. The minimum Gasteiger partial charge on any atom is -0.507 e. The van der Waals surface area contributed by atoms with E-state index < -0.39 is 5.82 Å². The number of aryl methyl sites for hydroxylation is 1. The van der Waals surface area contributed by atoms with Gasteiger partial charge in [0.15, 0.2) is 5.82 Å². The smallest absolute Gasteiger partial charge is 0.151 e. The summed E-state index contributed by atoms with van der Waals surface area (Å²) in [6, 6.07) is 5.68. The van der Waals surface area contributed by atoms with Crippen LogP contribution in [-0.2, 0) is 4.74 Å². The third-order valence-electron chi connectivity index (χ3n) is 3.85. The highest BCUT2D eigenvalue weighted by atomic mass is 19.1. The van der Waals surface area contributed by atoms with Crippen LogP contribution < -0.4 is 4.90 Å². The monoisotopic (exact) mass is 319 g/mol. The van der Waals surface area contributed by atoms with Crippen LogP contribution in [0.4, 0.5) is 10.2 Å². The number of hydrogen-bond donors (Lipinski definition) is 2. The fraction of sp³-hybridized carbons (Fsp3) is 0.375. The quantitative estimate of drug-likeness (QED) is 0.892. The molecule has 0 amide bonds. The van der Waals surface area contributed by atoms with Crippen molar-refractivity contribution >= 4 is 5.82 Å². The fourth-order valence-electron chi connectivity index (χ4n) is 2.63. The zero-order chi connectivity index (χ0) is 16.4. The van der Waals surface area contributed by atoms with Crippen molar-refractivity contribution in [3.05, 3.63) is 35.6 Å². The molecule has 1 aliphatic rings. The molecule has 122 valence electrons.